The maximum absolute atomic E-state index is 11.8. The van der Waals surface area contributed by atoms with Crippen molar-refractivity contribution in [2.45, 2.75) is 0 Å². The van der Waals surface area contributed by atoms with Gasteiger partial charge in [0.15, 0.2) is 5.78 Å². The highest BCUT2D eigenvalue weighted by atomic mass is 35.5. The zero-order valence-electron chi connectivity index (χ0n) is 8.43. The average molecular weight is 285 g/mol. The molecule has 0 saturated heterocycles. The first kappa shape index (κ1) is 12.2. The molecule has 0 spiro atoms. The monoisotopic (exact) mass is 284 g/mol. The molecule has 0 amide bonds. The van der Waals surface area contributed by atoms with E-state index in [0.717, 1.165) is 0 Å². The summed E-state index contributed by atoms with van der Waals surface area (Å²) in [5.41, 5.74) is 1.06. The Morgan fingerprint density at radius 2 is 2.18 bits per heavy atom. The molecule has 0 aliphatic rings. The van der Waals surface area contributed by atoms with Crippen molar-refractivity contribution in [1.82, 2.24) is 9.59 Å². The first-order valence-electron chi connectivity index (χ1n) is 4.61. The van der Waals surface area contributed by atoms with Crippen molar-refractivity contribution in [3.8, 4) is 0 Å². The van der Waals surface area contributed by atoms with Gasteiger partial charge in [0.1, 0.15) is 0 Å². The smallest absolute Gasteiger partial charge is 0.187 e. The molecule has 0 aliphatic carbocycles. The largest absolute Gasteiger partial charge is 0.289 e. The number of nitrogens with zero attached hydrogens (tertiary/aromatic N) is 2. The quantitative estimate of drug-likeness (QED) is 0.637. The summed E-state index contributed by atoms with van der Waals surface area (Å²) in [6.45, 7) is 0. The van der Waals surface area contributed by atoms with Crippen LogP contribution in [0.15, 0.2) is 29.7 Å². The third kappa shape index (κ3) is 3.12. The molecule has 86 valence electrons. The van der Waals surface area contributed by atoms with Gasteiger partial charge in [-0.15, -0.1) is 5.10 Å². The fourth-order valence-electron chi connectivity index (χ4n) is 1.18. The molecular formula is C11H6Cl2N2OS. The van der Waals surface area contributed by atoms with E-state index < -0.39 is 0 Å². The molecule has 2 rings (SSSR count). The van der Waals surface area contributed by atoms with Crippen LogP contribution in [0.25, 0.3) is 6.08 Å². The highest BCUT2D eigenvalue weighted by Crippen LogP contribution is 2.21. The molecule has 0 unspecified atom stereocenters. The Labute approximate surface area is 112 Å². The van der Waals surface area contributed by atoms with E-state index in [1.165, 1.54) is 23.7 Å². The molecule has 1 aromatic heterocycles. The van der Waals surface area contributed by atoms with E-state index in [9.17, 15) is 4.79 Å². The fourth-order valence-corrected chi connectivity index (χ4v) is 2.11. The minimum atomic E-state index is -0.195. The number of ketones is 1. The summed E-state index contributed by atoms with van der Waals surface area (Å²) in [5.74, 6) is -0.195. The first-order chi connectivity index (χ1) is 8.16. The lowest BCUT2D eigenvalue weighted by Crippen LogP contribution is -1.95. The molecule has 0 radical (unpaired) electrons. The molecule has 6 heteroatoms. The van der Waals surface area contributed by atoms with Crippen molar-refractivity contribution < 1.29 is 4.79 Å². The Bertz CT molecular complexity index is 567. The number of carbonyl (C=O) groups excluding carboxylic acids is 1. The zero-order valence-corrected chi connectivity index (χ0v) is 10.8. The fraction of sp³-hybridized carbons (Fsp3) is 0. The minimum Gasteiger partial charge on any atom is -0.289 e. The molecule has 0 atom stereocenters. The normalized spacial score (nSPS) is 10.9. The summed E-state index contributed by atoms with van der Waals surface area (Å²) in [6.07, 6.45) is 3.00. The van der Waals surface area contributed by atoms with Crippen LogP contribution in [0.3, 0.4) is 0 Å². The van der Waals surface area contributed by atoms with Gasteiger partial charge in [-0.1, -0.05) is 27.7 Å². The number of hydrogen-bond acceptors (Lipinski definition) is 4. The van der Waals surface area contributed by atoms with E-state index >= 15 is 0 Å². The Morgan fingerprint density at radius 3 is 2.82 bits per heavy atom. The Kier molecular flexibility index (Phi) is 3.89. The van der Waals surface area contributed by atoms with E-state index in [1.54, 1.807) is 23.6 Å². The summed E-state index contributed by atoms with van der Waals surface area (Å²) in [5, 5.41) is 6.37. The Hall–Kier alpha value is -1.23. The van der Waals surface area contributed by atoms with Gasteiger partial charge in [-0.05, 0) is 41.9 Å². The minimum absolute atomic E-state index is 0.195. The van der Waals surface area contributed by atoms with Gasteiger partial charge in [0.25, 0.3) is 0 Å². The van der Waals surface area contributed by atoms with Crippen LogP contribution in [0.4, 0.5) is 0 Å². The van der Waals surface area contributed by atoms with Gasteiger partial charge >= 0.3 is 0 Å². The Balaban J connectivity index is 2.20. The molecule has 0 bridgehead atoms. The lowest BCUT2D eigenvalue weighted by molar-refractivity contribution is 0.104. The summed E-state index contributed by atoms with van der Waals surface area (Å²) in [7, 11) is 0. The van der Waals surface area contributed by atoms with E-state index in [0.29, 0.717) is 21.3 Å². The third-order valence-corrected chi connectivity index (χ3v) is 3.05. The van der Waals surface area contributed by atoms with Gasteiger partial charge < -0.3 is 0 Å². The van der Waals surface area contributed by atoms with Crippen LogP contribution in [0.1, 0.15) is 16.1 Å². The van der Waals surface area contributed by atoms with Crippen LogP contribution >= 0.6 is 34.7 Å². The second-order valence-corrected chi connectivity index (χ2v) is 4.60. The second kappa shape index (κ2) is 5.40. The number of aromatic nitrogens is 2. The van der Waals surface area contributed by atoms with Gasteiger partial charge in [-0.2, -0.15) is 0 Å². The Morgan fingerprint density at radius 1 is 1.35 bits per heavy atom. The summed E-state index contributed by atoms with van der Waals surface area (Å²) >= 11 is 12.9. The number of benzene rings is 1. The number of allylic oxidation sites excluding steroid dienone is 1. The zero-order chi connectivity index (χ0) is 12.3. The van der Waals surface area contributed by atoms with Gasteiger partial charge in [0, 0.05) is 16.0 Å². The van der Waals surface area contributed by atoms with Crippen LogP contribution in [0.5, 0.6) is 0 Å². The van der Waals surface area contributed by atoms with E-state index in [2.05, 4.69) is 9.59 Å². The highest BCUT2D eigenvalue weighted by molar-refractivity contribution is 7.03. The molecular weight excluding hydrogens is 279 g/mol. The van der Waals surface area contributed by atoms with E-state index in [4.69, 9.17) is 23.2 Å². The SMILES string of the molecule is O=C(/C=C/c1csnn1)c1ccc(Cl)cc1Cl. The van der Waals surface area contributed by atoms with Crippen LogP contribution in [-0.2, 0) is 0 Å². The van der Waals surface area contributed by atoms with Crippen molar-refractivity contribution in [1.29, 1.82) is 0 Å². The highest BCUT2D eigenvalue weighted by Gasteiger charge is 2.07. The summed E-state index contributed by atoms with van der Waals surface area (Å²) in [6, 6.07) is 4.75. The van der Waals surface area contributed by atoms with Crippen molar-refractivity contribution in [2.24, 2.45) is 0 Å². The lowest BCUT2D eigenvalue weighted by Gasteiger charge is -1.99. The second-order valence-electron chi connectivity index (χ2n) is 3.15. The third-order valence-electron chi connectivity index (χ3n) is 1.98. The van der Waals surface area contributed by atoms with Crippen LogP contribution in [-0.4, -0.2) is 15.4 Å². The van der Waals surface area contributed by atoms with Crippen molar-refractivity contribution in [3.63, 3.8) is 0 Å². The molecule has 3 nitrogen and oxygen atoms in total. The van der Waals surface area contributed by atoms with E-state index in [1.807, 2.05) is 0 Å². The van der Waals surface area contributed by atoms with Crippen molar-refractivity contribution >= 4 is 46.6 Å². The topological polar surface area (TPSA) is 42.9 Å². The number of carbonyl (C=O) groups is 1. The number of hydrogen-bond donors (Lipinski definition) is 0. The van der Waals surface area contributed by atoms with E-state index in [-0.39, 0.29) is 5.78 Å². The summed E-state index contributed by atoms with van der Waals surface area (Å²) < 4.78 is 3.69. The molecule has 2 aromatic rings. The molecule has 0 N–H and O–H groups in total. The maximum atomic E-state index is 11.8. The molecule has 0 fully saturated rings. The average Bonchev–Trinajstić information content (AvgIpc) is 2.78. The van der Waals surface area contributed by atoms with Crippen LogP contribution in [0, 0.1) is 0 Å². The van der Waals surface area contributed by atoms with Crippen LogP contribution in [0.2, 0.25) is 10.0 Å². The van der Waals surface area contributed by atoms with Crippen molar-refractivity contribution in [3.05, 3.63) is 51.0 Å². The summed E-state index contributed by atoms with van der Waals surface area (Å²) in [4.78, 5) is 11.8. The molecule has 0 aliphatic heterocycles. The predicted molar refractivity (Wildman–Crippen MR) is 69.7 cm³/mol. The standard InChI is InChI=1S/C11H6Cl2N2OS/c12-7-1-3-9(10(13)5-7)11(16)4-2-8-6-17-15-14-8/h1-6H/b4-2+. The maximum Gasteiger partial charge on any atom is 0.187 e. The van der Waals surface area contributed by atoms with Crippen LogP contribution < -0.4 is 0 Å². The van der Waals surface area contributed by atoms with Gasteiger partial charge in [-0.25, -0.2) is 0 Å². The number of rotatable bonds is 3. The molecule has 1 aromatic carbocycles. The number of halogens is 2. The predicted octanol–water partition coefficient (Wildman–Crippen LogP) is 3.74. The van der Waals surface area contributed by atoms with Gasteiger partial charge in [0.2, 0.25) is 0 Å². The van der Waals surface area contributed by atoms with Gasteiger partial charge in [0.05, 0.1) is 10.7 Å². The van der Waals surface area contributed by atoms with Gasteiger partial charge in [-0.3, -0.25) is 4.79 Å². The lowest BCUT2D eigenvalue weighted by atomic mass is 10.1. The molecule has 17 heavy (non-hydrogen) atoms. The molecule has 0 saturated carbocycles. The van der Waals surface area contributed by atoms with Crippen molar-refractivity contribution in [2.75, 3.05) is 0 Å². The first-order valence-corrected chi connectivity index (χ1v) is 6.20. The molecule has 1 heterocycles.